The summed E-state index contributed by atoms with van der Waals surface area (Å²) in [6.07, 6.45) is 2.04. The monoisotopic (exact) mass is 476 g/mol. The number of ether oxygens (including phenoxy) is 1. The summed E-state index contributed by atoms with van der Waals surface area (Å²) < 4.78 is 33.1. The molecule has 178 valence electrons. The molecule has 0 saturated heterocycles. The van der Waals surface area contributed by atoms with Gasteiger partial charge in [-0.1, -0.05) is 12.1 Å². The number of hydrogen-bond donors (Lipinski definition) is 1. The predicted octanol–water partition coefficient (Wildman–Crippen LogP) is 4.27. The molecular weight excluding hydrogens is 454 g/mol. The van der Waals surface area contributed by atoms with E-state index in [-0.39, 0.29) is 35.7 Å². The molecule has 2 heterocycles. The molecule has 0 fully saturated rings. The topological polar surface area (TPSA) is 88.2 Å². The second kappa shape index (κ2) is 10.7. The Labute approximate surface area is 200 Å². The Morgan fingerprint density at radius 2 is 1.83 bits per heavy atom. The highest BCUT2D eigenvalue weighted by atomic mass is 19.1. The lowest BCUT2D eigenvalue weighted by atomic mass is 10.0. The average Bonchev–Trinajstić information content (AvgIpc) is 3.36. The summed E-state index contributed by atoms with van der Waals surface area (Å²) in [6.45, 7) is -0.137. The van der Waals surface area contributed by atoms with Crippen molar-refractivity contribution in [3.05, 3.63) is 95.8 Å². The van der Waals surface area contributed by atoms with Crippen molar-refractivity contribution in [1.82, 2.24) is 20.1 Å². The maximum atomic E-state index is 15.0. The van der Waals surface area contributed by atoms with Gasteiger partial charge in [0, 0.05) is 24.9 Å². The first-order chi connectivity index (χ1) is 17.0. The Morgan fingerprint density at radius 3 is 2.54 bits per heavy atom. The third-order valence-electron chi connectivity index (χ3n) is 5.43. The zero-order valence-corrected chi connectivity index (χ0v) is 18.9. The van der Waals surface area contributed by atoms with Crippen LogP contribution in [0.25, 0.3) is 22.5 Å². The fraction of sp³-hybridized carbons (Fsp3) is 0.154. The third kappa shape index (κ3) is 5.57. The molecule has 0 saturated carbocycles. The number of benzene rings is 2. The first-order valence-corrected chi connectivity index (χ1v) is 10.8. The largest absolute Gasteiger partial charge is 0.468 e. The zero-order valence-electron chi connectivity index (χ0n) is 18.9. The minimum absolute atomic E-state index is 0.00480. The highest BCUT2D eigenvalue weighted by Crippen LogP contribution is 2.30. The third-order valence-corrected chi connectivity index (χ3v) is 5.43. The zero-order chi connectivity index (χ0) is 24.8. The number of nitrogens with zero attached hydrogens (tertiary/aromatic N) is 3. The Morgan fingerprint density at radius 1 is 1.03 bits per heavy atom. The first kappa shape index (κ1) is 23.7. The summed E-state index contributed by atoms with van der Waals surface area (Å²) in [5.41, 5.74) is 2.17. The molecule has 0 radical (unpaired) electrons. The van der Waals surface area contributed by atoms with E-state index < -0.39 is 17.7 Å². The van der Waals surface area contributed by atoms with Crippen LogP contribution in [0.1, 0.15) is 16.1 Å². The molecule has 2 aromatic carbocycles. The summed E-state index contributed by atoms with van der Waals surface area (Å²) >= 11 is 0. The van der Waals surface area contributed by atoms with Gasteiger partial charge in [0.05, 0.1) is 29.6 Å². The highest BCUT2D eigenvalue weighted by Gasteiger charge is 2.25. The van der Waals surface area contributed by atoms with E-state index in [4.69, 9.17) is 4.74 Å². The second-order valence-corrected chi connectivity index (χ2v) is 7.71. The number of amides is 1. The highest BCUT2D eigenvalue weighted by molar-refractivity contribution is 6.02. The molecule has 0 spiro atoms. The van der Waals surface area contributed by atoms with Crippen molar-refractivity contribution in [3.63, 3.8) is 0 Å². The van der Waals surface area contributed by atoms with Crippen molar-refractivity contribution in [2.45, 2.75) is 6.42 Å². The number of H-pyrrole nitrogens is 1. The van der Waals surface area contributed by atoms with E-state index in [0.29, 0.717) is 17.7 Å². The summed E-state index contributed by atoms with van der Waals surface area (Å²) in [5, 5.41) is 6.99. The molecule has 35 heavy (non-hydrogen) atoms. The van der Waals surface area contributed by atoms with Crippen molar-refractivity contribution >= 4 is 11.9 Å². The van der Waals surface area contributed by atoms with E-state index in [1.54, 1.807) is 30.5 Å². The number of aromatic nitrogens is 3. The van der Waals surface area contributed by atoms with Gasteiger partial charge in [-0.15, -0.1) is 0 Å². The van der Waals surface area contributed by atoms with Crippen molar-refractivity contribution in [1.29, 1.82) is 0 Å². The number of carbonyl (C=O) groups excluding carboxylic acids is 2. The van der Waals surface area contributed by atoms with Gasteiger partial charge >= 0.3 is 5.97 Å². The predicted molar refractivity (Wildman–Crippen MR) is 125 cm³/mol. The maximum Gasteiger partial charge on any atom is 0.325 e. The van der Waals surface area contributed by atoms with Crippen LogP contribution >= 0.6 is 0 Å². The molecule has 1 amide bonds. The Bertz CT molecular complexity index is 1320. The van der Waals surface area contributed by atoms with E-state index >= 15 is 4.39 Å². The number of aromatic amines is 1. The lowest BCUT2D eigenvalue weighted by Gasteiger charge is -2.22. The van der Waals surface area contributed by atoms with Gasteiger partial charge in [0.15, 0.2) is 0 Å². The quantitative estimate of drug-likeness (QED) is 0.384. The lowest BCUT2D eigenvalue weighted by Crippen LogP contribution is -2.38. The smallest absolute Gasteiger partial charge is 0.325 e. The molecule has 0 atom stereocenters. The minimum atomic E-state index is -0.643. The fourth-order valence-electron chi connectivity index (χ4n) is 3.63. The van der Waals surface area contributed by atoms with Crippen molar-refractivity contribution in [2.24, 2.45) is 0 Å². The Kier molecular flexibility index (Phi) is 7.25. The molecule has 0 bridgehead atoms. The molecule has 0 aliphatic rings. The Balaban J connectivity index is 1.66. The van der Waals surface area contributed by atoms with Gasteiger partial charge < -0.3 is 9.64 Å². The van der Waals surface area contributed by atoms with Crippen LogP contribution in [-0.4, -0.2) is 52.2 Å². The molecule has 0 unspecified atom stereocenters. The second-order valence-electron chi connectivity index (χ2n) is 7.71. The van der Waals surface area contributed by atoms with Crippen LogP contribution in [0.2, 0.25) is 0 Å². The van der Waals surface area contributed by atoms with Crippen molar-refractivity contribution in [3.8, 4) is 22.5 Å². The summed E-state index contributed by atoms with van der Waals surface area (Å²) in [5.74, 6) is -2.18. The number of hydrogen-bond acceptors (Lipinski definition) is 5. The van der Waals surface area contributed by atoms with Crippen molar-refractivity contribution in [2.75, 3.05) is 20.2 Å². The number of methoxy groups -OCH3 is 1. The molecule has 9 heteroatoms. The number of rotatable bonds is 8. The maximum absolute atomic E-state index is 15.0. The number of nitrogens with one attached hydrogen (secondary N) is 1. The number of esters is 1. The van der Waals surface area contributed by atoms with Crippen LogP contribution in [0, 0.1) is 11.6 Å². The number of halogens is 2. The normalized spacial score (nSPS) is 10.7. The molecule has 0 aliphatic carbocycles. The molecule has 7 nitrogen and oxygen atoms in total. The van der Waals surface area contributed by atoms with Gasteiger partial charge in [-0.2, -0.15) is 5.10 Å². The molecule has 1 N–H and O–H groups in total. The standard InChI is InChI=1S/C26H22F2N4O3/c1-35-24(33)16-32(14-12-19-5-2-3-13-29-19)26(34)20-6-4-7-21(28)25(20)23-15-22(30-31-23)17-8-10-18(27)11-9-17/h2-11,13,15H,12,14,16H2,1H3,(H,30,31). The van der Waals surface area contributed by atoms with Crippen molar-refractivity contribution < 1.29 is 23.1 Å². The van der Waals surface area contributed by atoms with Gasteiger partial charge in [0.2, 0.25) is 0 Å². The van der Waals surface area contributed by atoms with Crippen LogP contribution in [-0.2, 0) is 16.0 Å². The molecule has 0 aliphatic heterocycles. The number of pyridine rings is 1. The van der Waals surface area contributed by atoms with E-state index in [1.165, 1.54) is 42.3 Å². The van der Waals surface area contributed by atoms with Gasteiger partial charge in [-0.3, -0.25) is 19.7 Å². The van der Waals surface area contributed by atoms with Crippen LogP contribution in [0.15, 0.2) is 72.9 Å². The Hall–Kier alpha value is -4.40. The molecule has 4 rings (SSSR count). The summed E-state index contributed by atoms with van der Waals surface area (Å²) in [4.78, 5) is 31.1. The van der Waals surface area contributed by atoms with Gasteiger partial charge in [-0.25, -0.2) is 8.78 Å². The first-order valence-electron chi connectivity index (χ1n) is 10.8. The van der Waals surface area contributed by atoms with Crippen LogP contribution in [0.5, 0.6) is 0 Å². The van der Waals surface area contributed by atoms with Crippen LogP contribution < -0.4 is 0 Å². The van der Waals surface area contributed by atoms with E-state index in [0.717, 1.165) is 5.69 Å². The van der Waals surface area contributed by atoms with E-state index in [2.05, 4.69) is 15.2 Å². The van der Waals surface area contributed by atoms with Gasteiger partial charge in [-0.05, 0) is 60.2 Å². The average molecular weight is 476 g/mol. The molecular formula is C26H22F2N4O3. The van der Waals surface area contributed by atoms with Crippen LogP contribution in [0.3, 0.4) is 0 Å². The summed E-state index contributed by atoms with van der Waals surface area (Å²) in [6, 6.07) is 16.9. The summed E-state index contributed by atoms with van der Waals surface area (Å²) in [7, 11) is 1.23. The minimum Gasteiger partial charge on any atom is -0.468 e. The fourth-order valence-corrected chi connectivity index (χ4v) is 3.63. The van der Waals surface area contributed by atoms with E-state index in [9.17, 15) is 14.0 Å². The van der Waals surface area contributed by atoms with Gasteiger partial charge in [0.1, 0.15) is 18.2 Å². The SMILES string of the molecule is COC(=O)CN(CCc1ccccn1)C(=O)c1cccc(F)c1-c1cc(-c2ccc(F)cc2)[nH]n1. The number of carbonyl (C=O) groups is 2. The lowest BCUT2D eigenvalue weighted by molar-refractivity contribution is -0.141. The van der Waals surface area contributed by atoms with Gasteiger partial charge in [0.25, 0.3) is 5.91 Å². The molecule has 2 aromatic heterocycles. The van der Waals surface area contributed by atoms with Crippen LogP contribution in [0.4, 0.5) is 8.78 Å². The molecule has 4 aromatic rings. The van der Waals surface area contributed by atoms with E-state index in [1.807, 2.05) is 12.1 Å².